The fraction of sp³-hybridized carbons (Fsp3) is 0.565. The number of carbonyl (C=O) groups excluding carboxylic acids is 1. The number of rotatable bonds is 6. The van der Waals surface area contributed by atoms with E-state index in [4.69, 9.17) is 4.74 Å². The molecule has 202 valence electrons. The lowest BCUT2D eigenvalue weighted by Crippen LogP contribution is -2.51. The number of aryl methyl sites for hydroxylation is 2. The molecule has 0 unspecified atom stereocenters. The summed E-state index contributed by atoms with van der Waals surface area (Å²) in [6, 6.07) is -0.0248. The van der Waals surface area contributed by atoms with Gasteiger partial charge in [-0.25, -0.2) is 9.10 Å². The molecule has 0 bridgehead atoms. The quantitative estimate of drug-likeness (QED) is 0.556. The second-order valence-electron chi connectivity index (χ2n) is 9.55. The first-order valence-electron chi connectivity index (χ1n) is 12.2. The van der Waals surface area contributed by atoms with E-state index >= 15 is 0 Å². The van der Waals surface area contributed by atoms with E-state index < -0.39 is 39.5 Å². The van der Waals surface area contributed by atoms with E-state index in [2.05, 4.69) is 16.5 Å². The Morgan fingerprint density at radius 2 is 1.76 bits per heavy atom. The van der Waals surface area contributed by atoms with Gasteiger partial charge in [-0.1, -0.05) is 6.07 Å². The molecule has 1 aliphatic heterocycles. The number of hydroxylamine groups is 1. The van der Waals surface area contributed by atoms with Gasteiger partial charge in [-0.2, -0.15) is 26.7 Å². The Labute approximate surface area is 212 Å². The molecular formula is C23H27F3N5O5S-. The van der Waals surface area contributed by atoms with Crippen LogP contribution >= 0.6 is 0 Å². The molecule has 0 radical (unpaired) electrons. The number of nitrogens with zero attached hydrogens (tertiary/aromatic N) is 4. The molecule has 3 aliphatic rings. The maximum atomic E-state index is 13.5. The fourth-order valence-electron chi connectivity index (χ4n) is 5.49. The number of benzene rings is 1. The van der Waals surface area contributed by atoms with Crippen LogP contribution in [0.1, 0.15) is 47.9 Å². The summed E-state index contributed by atoms with van der Waals surface area (Å²) in [4.78, 5) is 13.1. The minimum absolute atomic E-state index is 0.193. The Kier molecular flexibility index (Phi) is 6.83. The van der Waals surface area contributed by atoms with Crippen LogP contribution in [0.4, 0.5) is 29.3 Å². The molecule has 2 aliphatic carbocycles. The molecule has 10 nitrogen and oxygen atoms in total. The lowest BCUT2D eigenvalue weighted by atomic mass is 9.99. The molecule has 2 heterocycles. The van der Waals surface area contributed by atoms with Crippen LogP contribution in [0.3, 0.4) is 0 Å². The van der Waals surface area contributed by atoms with Crippen LogP contribution in [-0.2, 0) is 47.2 Å². The van der Waals surface area contributed by atoms with E-state index in [1.165, 1.54) is 0 Å². The number of carbonyl (C=O) groups is 1. The Bertz CT molecular complexity index is 1260. The molecule has 0 spiro atoms. The summed E-state index contributed by atoms with van der Waals surface area (Å²) in [5.41, 5.74) is 4.32. The van der Waals surface area contributed by atoms with Crippen molar-refractivity contribution in [3.05, 3.63) is 45.9 Å². The van der Waals surface area contributed by atoms with Gasteiger partial charge in [0, 0.05) is 25.1 Å². The number of hydrogen-bond acceptors (Lipinski definition) is 6. The second-order valence-corrected chi connectivity index (χ2v) is 11.2. The lowest BCUT2D eigenvalue weighted by molar-refractivity contribution is -0.142. The van der Waals surface area contributed by atoms with Crippen LogP contribution < -0.4 is 9.62 Å². The summed E-state index contributed by atoms with van der Waals surface area (Å²) >= 11 is 0. The van der Waals surface area contributed by atoms with Crippen molar-refractivity contribution >= 4 is 27.6 Å². The number of aromatic nitrogens is 2. The minimum Gasteiger partial charge on any atom is -0.740 e. The third-order valence-electron chi connectivity index (χ3n) is 7.07. The number of ether oxygens (including phenoxy) is 1. The average molecular weight is 543 g/mol. The van der Waals surface area contributed by atoms with Crippen LogP contribution in [0.15, 0.2) is 18.5 Å². The highest BCUT2D eigenvalue weighted by molar-refractivity contribution is 7.91. The summed E-state index contributed by atoms with van der Waals surface area (Å²) in [5, 5.41) is 19.3. The molecular weight excluding hydrogens is 515 g/mol. The number of nitrogens with one attached hydrogen (secondary N) is 1. The van der Waals surface area contributed by atoms with Crippen molar-refractivity contribution < 1.29 is 31.1 Å². The van der Waals surface area contributed by atoms with Gasteiger partial charge in [0.15, 0.2) is 0 Å². The Morgan fingerprint density at radius 1 is 1.14 bits per heavy atom. The predicted octanol–water partition coefficient (Wildman–Crippen LogP) is 3.68. The first-order valence-corrected chi connectivity index (χ1v) is 13.6. The van der Waals surface area contributed by atoms with E-state index in [9.17, 15) is 31.6 Å². The zero-order valence-electron chi connectivity index (χ0n) is 20.0. The largest absolute Gasteiger partial charge is 0.740 e. The van der Waals surface area contributed by atoms with E-state index in [0.717, 1.165) is 73.2 Å². The third-order valence-corrected chi connectivity index (χ3v) is 8.66. The summed E-state index contributed by atoms with van der Waals surface area (Å²) in [7, 11) is -5.02. The number of hydrogen-bond donors (Lipinski definition) is 1. The van der Waals surface area contributed by atoms with Crippen molar-refractivity contribution in [1.29, 1.82) is 0 Å². The SMILES string of the molecule is O=C(Nc1c2c(cc3c1CCC3)CCC2)N([O-])S(=O)(=O)N(c1cnn(CC(F)(F)F)c1)C1CCOCC1. The molecule has 37 heavy (non-hydrogen) atoms. The maximum absolute atomic E-state index is 13.5. The molecule has 5 rings (SSSR count). The van der Waals surface area contributed by atoms with Gasteiger partial charge in [0.1, 0.15) is 6.54 Å². The van der Waals surface area contributed by atoms with Crippen LogP contribution in [-0.4, -0.2) is 54.1 Å². The van der Waals surface area contributed by atoms with Gasteiger partial charge in [-0.15, -0.1) is 0 Å². The van der Waals surface area contributed by atoms with Crippen molar-refractivity contribution in [3.8, 4) is 0 Å². The molecule has 1 aromatic carbocycles. The van der Waals surface area contributed by atoms with Crippen molar-refractivity contribution in [2.75, 3.05) is 22.8 Å². The summed E-state index contributed by atoms with van der Waals surface area (Å²) in [6.07, 6.45) is 2.61. The van der Waals surface area contributed by atoms with Gasteiger partial charge < -0.3 is 15.3 Å². The highest BCUT2D eigenvalue weighted by Crippen LogP contribution is 2.39. The van der Waals surface area contributed by atoms with E-state index in [-0.39, 0.29) is 31.7 Å². The first kappa shape index (κ1) is 25.8. The van der Waals surface area contributed by atoms with Gasteiger partial charge in [0.05, 0.1) is 17.9 Å². The lowest BCUT2D eigenvalue weighted by Gasteiger charge is -2.39. The number of halogens is 3. The highest BCUT2D eigenvalue weighted by Gasteiger charge is 2.37. The summed E-state index contributed by atoms with van der Waals surface area (Å²) in [6.45, 7) is -1.04. The summed E-state index contributed by atoms with van der Waals surface area (Å²) in [5.74, 6) is 0. The molecule has 1 N–H and O–H groups in total. The number of amides is 2. The minimum atomic E-state index is -5.02. The zero-order valence-corrected chi connectivity index (χ0v) is 20.8. The molecule has 2 aromatic rings. The predicted molar refractivity (Wildman–Crippen MR) is 128 cm³/mol. The summed E-state index contributed by atoms with van der Waals surface area (Å²) < 4.78 is 71.5. The van der Waals surface area contributed by atoms with Gasteiger partial charge in [0.25, 0.3) is 0 Å². The fourth-order valence-corrected chi connectivity index (χ4v) is 6.86. The van der Waals surface area contributed by atoms with Gasteiger partial charge in [-0.05, 0) is 73.6 Å². The van der Waals surface area contributed by atoms with Gasteiger partial charge >= 0.3 is 22.4 Å². The number of fused-ring (bicyclic) bond motifs is 2. The van der Waals surface area contributed by atoms with Crippen molar-refractivity contribution in [2.24, 2.45) is 0 Å². The molecule has 0 atom stereocenters. The molecule has 1 aromatic heterocycles. The van der Waals surface area contributed by atoms with Crippen molar-refractivity contribution in [1.82, 2.24) is 14.2 Å². The van der Waals surface area contributed by atoms with Crippen LogP contribution in [0.5, 0.6) is 0 Å². The van der Waals surface area contributed by atoms with Crippen LogP contribution in [0.25, 0.3) is 0 Å². The smallest absolute Gasteiger partial charge is 0.408 e. The van der Waals surface area contributed by atoms with Gasteiger partial charge in [-0.3, -0.25) is 9.15 Å². The highest BCUT2D eigenvalue weighted by atomic mass is 32.2. The van der Waals surface area contributed by atoms with E-state index in [1.54, 1.807) is 0 Å². The van der Waals surface area contributed by atoms with Crippen LogP contribution in [0.2, 0.25) is 0 Å². The molecule has 2 amide bonds. The van der Waals surface area contributed by atoms with E-state index in [0.29, 0.717) is 14.7 Å². The topological polar surface area (TPSA) is 120 Å². The Balaban J connectivity index is 1.44. The average Bonchev–Trinajstić information content (AvgIpc) is 3.59. The Morgan fingerprint density at radius 3 is 2.35 bits per heavy atom. The molecule has 14 heteroatoms. The normalized spacial score (nSPS) is 17.9. The second kappa shape index (κ2) is 9.80. The van der Waals surface area contributed by atoms with Crippen molar-refractivity contribution in [3.63, 3.8) is 0 Å². The molecule has 1 saturated heterocycles. The van der Waals surface area contributed by atoms with E-state index in [1.807, 2.05) is 0 Å². The number of alkyl halides is 3. The van der Waals surface area contributed by atoms with Gasteiger partial charge in [0.2, 0.25) is 0 Å². The number of urea groups is 1. The Hall–Kier alpha value is -2.84. The van der Waals surface area contributed by atoms with Crippen LogP contribution in [0, 0.1) is 5.21 Å². The first-order chi connectivity index (χ1) is 17.5. The number of anilines is 2. The zero-order chi connectivity index (χ0) is 26.4. The molecule has 0 saturated carbocycles. The molecule has 1 fully saturated rings. The van der Waals surface area contributed by atoms with Crippen molar-refractivity contribution in [2.45, 2.75) is 70.1 Å². The standard InChI is InChI=1S/C23H27F3N5O5S/c24-23(25,26)14-29-13-18(12-27-29)30(17-7-9-36-10-8-17)37(34,35)31(33)22(32)28-21-19-5-1-3-15(19)11-16-4-2-6-20(16)21/h11-13,17H,1-10,14H2,(H,28,32)/q-1. The monoisotopic (exact) mass is 542 g/mol. The maximum Gasteiger partial charge on any atom is 0.408 e. The third kappa shape index (κ3) is 5.14.